The fraction of sp³-hybridized carbons (Fsp3) is 0. The van der Waals surface area contributed by atoms with Gasteiger partial charge < -0.3 is 8.98 Å². The van der Waals surface area contributed by atoms with Crippen LogP contribution in [-0.4, -0.2) is 4.57 Å². The lowest BCUT2D eigenvalue weighted by Crippen LogP contribution is -1.94. The Labute approximate surface area is 195 Å². The lowest BCUT2D eigenvalue weighted by molar-refractivity contribution is 0.670. The van der Waals surface area contributed by atoms with Crippen molar-refractivity contribution in [3.8, 4) is 16.8 Å². The van der Waals surface area contributed by atoms with Crippen LogP contribution in [0.4, 0.5) is 0 Å². The molecule has 0 aliphatic heterocycles. The molecule has 2 nitrogen and oxygen atoms in total. The van der Waals surface area contributed by atoms with Crippen LogP contribution < -0.4 is 0 Å². The predicted octanol–water partition coefficient (Wildman–Crippen LogP) is 9.00. The summed E-state index contributed by atoms with van der Waals surface area (Å²) in [6.45, 7) is 0. The van der Waals surface area contributed by atoms with Gasteiger partial charge in [-0.05, 0) is 42.0 Å². The largest absolute Gasteiger partial charge is 0.455 e. The van der Waals surface area contributed by atoms with Crippen LogP contribution in [0.15, 0.2) is 114 Å². The molecule has 2 heterocycles. The molecule has 0 saturated heterocycles. The number of aromatic nitrogens is 1. The van der Waals surface area contributed by atoms with Crippen molar-refractivity contribution in [1.29, 1.82) is 0 Å². The molecule has 2 aromatic heterocycles. The highest BCUT2D eigenvalue weighted by atomic mass is 35.5. The molecular weight excluding hydrogens is 426 g/mol. The minimum atomic E-state index is 0.731. The Morgan fingerprint density at radius 1 is 0.576 bits per heavy atom. The minimum Gasteiger partial charge on any atom is -0.455 e. The summed E-state index contributed by atoms with van der Waals surface area (Å²) < 4.78 is 8.59. The highest BCUT2D eigenvalue weighted by Gasteiger charge is 2.15. The minimum absolute atomic E-state index is 0.731. The molecule has 0 saturated carbocycles. The van der Waals surface area contributed by atoms with E-state index in [4.69, 9.17) is 16.0 Å². The van der Waals surface area contributed by atoms with Crippen LogP contribution in [0.5, 0.6) is 0 Å². The van der Waals surface area contributed by atoms with Crippen molar-refractivity contribution in [1.82, 2.24) is 4.57 Å². The van der Waals surface area contributed by atoms with Crippen LogP contribution in [0.1, 0.15) is 0 Å². The molecule has 0 amide bonds. The van der Waals surface area contributed by atoms with E-state index in [9.17, 15) is 0 Å². The van der Waals surface area contributed by atoms with Gasteiger partial charge in [-0.15, -0.1) is 0 Å². The van der Waals surface area contributed by atoms with Gasteiger partial charge in [-0.2, -0.15) is 0 Å². The number of hydrogen-bond acceptors (Lipinski definition) is 1. The Hall–Kier alpha value is -4.01. The molecule has 156 valence electrons. The first-order valence-corrected chi connectivity index (χ1v) is 11.4. The maximum absolute atomic E-state index is 6.41. The van der Waals surface area contributed by atoms with Crippen LogP contribution in [-0.2, 0) is 0 Å². The second-order valence-corrected chi connectivity index (χ2v) is 8.78. The van der Waals surface area contributed by atoms with E-state index < -0.39 is 0 Å². The highest BCUT2D eigenvalue weighted by Crippen LogP contribution is 2.38. The van der Waals surface area contributed by atoms with Crippen molar-refractivity contribution in [3.05, 3.63) is 114 Å². The fourth-order valence-corrected chi connectivity index (χ4v) is 5.18. The number of nitrogens with zero attached hydrogens (tertiary/aromatic N) is 1. The summed E-state index contributed by atoms with van der Waals surface area (Å²) in [5, 5.41) is 5.42. The molecule has 0 spiro atoms. The summed E-state index contributed by atoms with van der Waals surface area (Å²) in [7, 11) is 0. The third kappa shape index (κ3) is 2.75. The van der Waals surface area contributed by atoms with Crippen LogP contribution in [0.3, 0.4) is 0 Å². The zero-order valence-electron chi connectivity index (χ0n) is 17.6. The van der Waals surface area contributed by atoms with Crippen molar-refractivity contribution in [2.24, 2.45) is 0 Å². The zero-order valence-corrected chi connectivity index (χ0v) is 18.4. The number of benzene rings is 5. The number of halogens is 1. The standard InChI is InChI=1S/C30H18ClNO/c31-20-15-16-24-23-9-1-3-13-27(23)32(28(24)18-20)21-8-5-7-19(17-21)22-11-6-12-26-25-10-2-4-14-29(25)33-30(22)26/h1-18H. The number of hydrogen-bond donors (Lipinski definition) is 0. The van der Waals surface area contributed by atoms with Crippen LogP contribution in [0, 0.1) is 0 Å². The van der Waals surface area contributed by atoms with Crippen molar-refractivity contribution >= 4 is 55.3 Å². The maximum Gasteiger partial charge on any atom is 0.143 e. The maximum atomic E-state index is 6.41. The third-order valence-electron chi connectivity index (χ3n) is 6.46. The van der Waals surface area contributed by atoms with Gasteiger partial charge in [-0.1, -0.05) is 84.4 Å². The molecule has 0 unspecified atom stereocenters. The molecule has 0 radical (unpaired) electrons. The number of rotatable bonds is 2. The fourth-order valence-electron chi connectivity index (χ4n) is 5.01. The van der Waals surface area contributed by atoms with Gasteiger partial charge in [0.15, 0.2) is 0 Å². The Kier molecular flexibility index (Phi) is 3.93. The van der Waals surface area contributed by atoms with E-state index in [-0.39, 0.29) is 0 Å². The number of para-hydroxylation sites is 3. The van der Waals surface area contributed by atoms with E-state index in [0.717, 1.165) is 54.8 Å². The van der Waals surface area contributed by atoms with E-state index in [0.29, 0.717) is 0 Å². The molecule has 7 aromatic rings. The molecule has 3 heteroatoms. The van der Waals surface area contributed by atoms with E-state index in [1.807, 2.05) is 24.3 Å². The Balaban J connectivity index is 1.51. The molecule has 0 bridgehead atoms. The summed E-state index contributed by atoms with van der Waals surface area (Å²) in [4.78, 5) is 0. The molecule has 0 aliphatic carbocycles. The smallest absolute Gasteiger partial charge is 0.143 e. The summed E-state index contributed by atoms with van der Waals surface area (Å²) in [6, 6.07) is 37.8. The molecule has 0 aliphatic rings. The van der Waals surface area contributed by atoms with Crippen LogP contribution >= 0.6 is 11.6 Å². The quantitative estimate of drug-likeness (QED) is 0.260. The normalized spacial score (nSPS) is 11.8. The summed E-state index contributed by atoms with van der Waals surface area (Å²) in [5.41, 5.74) is 7.38. The van der Waals surface area contributed by atoms with Crippen LogP contribution in [0.25, 0.3) is 60.6 Å². The Morgan fingerprint density at radius 2 is 1.33 bits per heavy atom. The third-order valence-corrected chi connectivity index (χ3v) is 6.69. The number of furan rings is 1. The average Bonchev–Trinajstić information content (AvgIpc) is 3.39. The van der Waals surface area contributed by atoms with Crippen molar-refractivity contribution in [2.75, 3.05) is 0 Å². The van der Waals surface area contributed by atoms with Gasteiger partial charge in [0.2, 0.25) is 0 Å². The Morgan fingerprint density at radius 3 is 2.27 bits per heavy atom. The topological polar surface area (TPSA) is 18.1 Å². The lowest BCUT2D eigenvalue weighted by Gasteiger charge is -2.11. The SMILES string of the molecule is Clc1ccc2c3ccccc3n(-c3cccc(-c4cccc5c4oc4ccccc45)c3)c2c1. The first-order chi connectivity index (χ1) is 16.3. The van der Waals surface area contributed by atoms with Gasteiger partial charge in [0, 0.05) is 37.8 Å². The van der Waals surface area contributed by atoms with Crippen molar-refractivity contribution in [2.45, 2.75) is 0 Å². The van der Waals surface area contributed by atoms with Crippen molar-refractivity contribution < 1.29 is 4.42 Å². The van der Waals surface area contributed by atoms with Gasteiger partial charge in [0.05, 0.1) is 11.0 Å². The molecule has 0 N–H and O–H groups in total. The second-order valence-electron chi connectivity index (χ2n) is 8.34. The zero-order chi connectivity index (χ0) is 21.9. The monoisotopic (exact) mass is 443 g/mol. The van der Waals surface area contributed by atoms with Gasteiger partial charge in [0.1, 0.15) is 11.2 Å². The van der Waals surface area contributed by atoms with Crippen molar-refractivity contribution in [3.63, 3.8) is 0 Å². The Bertz CT molecular complexity index is 1840. The first kappa shape index (κ1) is 18.6. The van der Waals surface area contributed by atoms with E-state index in [1.165, 1.54) is 10.8 Å². The molecule has 5 aromatic carbocycles. The van der Waals surface area contributed by atoms with Gasteiger partial charge in [-0.25, -0.2) is 0 Å². The van der Waals surface area contributed by atoms with E-state index in [2.05, 4.69) is 89.5 Å². The predicted molar refractivity (Wildman–Crippen MR) is 139 cm³/mol. The molecule has 7 rings (SSSR count). The van der Waals surface area contributed by atoms with Gasteiger partial charge in [-0.3, -0.25) is 0 Å². The van der Waals surface area contributed by atoms with Crippen LogP contribution in [0.2, 0.25) is 5.02 Å². The van der Waals surface area contributed by atoms with Gasteiger partial charge in [0.25, 0.3) is 0 Å². The highest BCUT2D eigenvalue weighted by molar-refractivity contribution is 6.31. The first-order valence-electron chi connectivity index (χ1n) is 11.0. The van der Waals surface area contributed by atoms with Gasteiger partial charge >= 0.3 is 0 Å². The molecular formula is C30H18ClNO. The molecule has 33 heavy (non-hydrogen) atoms. The van der Waals surface area contributed by atoms with E-state index in [1.54, 1.807) is 0 Å². The summed E-state index contributed by atoms with van der Waals surface area (Å²) in [5.74, 6) is 0. The molecule has 0 atom stereocenters. The second kappa shape index (κ2) is 6.99. The lowest BCUT2D eigenvalue weighted by atomic mass is 10.0. The number of fused-ring (bicyclic) bond motifs is 6. The molecule has 0 fully saturated rings. The summed E-state index contributed by atoms with van der Waals surface area (Å²) >= 11 is 6.41. The summed E-state index contributed by atoms with van der Waals surface area (Å²) in [6.07, 6.45) is 0. The average molecular weight is 444 g/mol. The van der Waals surface area contributed by atoms with E-state index >= 15 is 0 Å².